The van der Waals surface area contributed by atoms with Crippen molar-refractivity contribution in [2.75, 3.05) is 11.8 Å². The first-order valence-electron chi connectivity index (χ1n) is 3.83. The Kier molecular flexibility index (Phi) is 10.1. The van der Waals surface area contributed by atoms with Crippen LogP contribution in [0.1, 0.15) is 19.3 Å². The molecule has 0 aromatic rings. The van der Waals surface area contributed by atoms with Gasteiger partial charge in [0.25, 0.3) is 0 Å². The van der Waals surface area contributed by atoms with Crippen molar-refractivity contribution in [3.05, 3.63) is 24.3 Å². The summed E-state index contributed by atoms with van der Waals surface area (Å²) in [6, 6.07) is 0. The molecule has 0 amide bonds. The Balaban J connectivity index is 3.02. The van der Waals surface area contributed by atoms with Crippen LogP contribution in [0.3, 0.4) is 0 Å². The van der Waals surface area contributed by atoms with Crippen molar-refractivity contribution < 1.29 is 0 Å². The maximum atomic E-state index is 5.45. The van der Waals surface area contributed by atoms with E-state index in [1.807, 2.05) is 12.2 Å². The Labute approximate surface area is 78.9 Å². The standard InChI is InChI=1S/C9H14Cl2/c10-8-6-4-2-1-3-5-7-9-11/h4-7H,1-3,8-9H2/b6-4+,7-5+. The molecule has 0 aromatic heterocycles. The highest BCUT2D eigenvalue weighted by atomic mass is 35.5. The average Bonchev–Trinajstić information content (AvgIpc) is 2.03. The smallest absolute Gasteiger partial charge is 0.0404 e. The van der Waals surface area contributed by atoms with Crippen LogP contribution in [0.25, 0.3) is 0 Å². The lowest BCUT2D eigenvalue weighted by molar-refractivity contribution is 0.866. The molecular formula is C9H14Cl2. The Hall–Kier alpha value is 0.0600. The summed E-state index contributed by atoms with van der Waals surface area (Å²) in [7, 11) is 0. The summed E-state index contributed by atoms with van der Waals surface area (Å²) in [6.45, 7) is 0. The Morgan fingerprint density at radius 3 is 1.55 bits per heavy atom. The van der Waals surface area contributed by atoms with Crippen LogP contribution in [0, 0.1) is 0 Å². The summed E-state index contributed by atoms with van der Waals surface area (Å²) in [5.41, 5.74) is 0. The second kappa shape index (κ2) is 10.1. The number of rotatable bonds is 6. The van der Waals surface area contributed by atoms with Gasteiger partial charge in [0.15, 0.2) is 0 Å². The van der Waals surface area contributed by atoms with Gasteiger partial charge in [-0.15, -0.1) is 23.2 Å². The van der Waals surface area contributed by atoms with Gasteiger partial charge in [0.05, 0.1) is 0 Å². The number of alkyl halides is 2. The molecule has 0 aliphatic heterocycles. The van der Waals surface area contributed by atoms with Gasteiger partial charge < -0.3 is 0 Å². The molecule has 0 N–H and O–H groups in total. The van der Waals surface area contributed by atoms with Crippen molar-refractivity contribution in [2.24, 2.45) is 0 Å². The minimum atomic E-state index is 0.623. The molecule has 0 atom stereocenters. The first kappa shape index (κ1) is 11.1. The number of unbranched alkanes of at least 4 members (excludes halogenated alkanes) is 2. The van der Waals surface area contributed by atoms with E-state index in [4.69, 9.17) is 23.2 Å². The third-order valence-electron chi connectivity index (χ3n) is 1.25. The third kappa shape index (κ3) is 10.1. The summed E-state index contributed by atoms with van der Waals surface area (Å²) in [4.78, 5) is 0. The Morgan fingerprint density at radius 1 is 0.727 bits per heavy atom. The molecule has 0 bridgehead atoms. The lowest BCUT2D eigenvalue weighted by atomic mass is 10.2. The van der Waals surface area contributed by atoms with Gasteiger partial charge in [-0.3, -0.25) is 0 Å². The maximum Gasteiger partial charge on any atom is 0.0404 e. The van der Waals surface area contributed by atoms with Crippen LogP contribution in [0.5, 0.6) is 0 Å². The summed E-state index contributed by atoms with van der Waals surface area (Å²) in [5.74, 6) is 1.25. The van der Waals surface area contributed by atoms with Gasteiger partial charge in [-0.25, -0.2) is 0 Å². The van der Waals surface area contributed by atoms with Crippen LogP contribution in [0.2, 0.25) is 0 Å². The van der Waals surface area contributed by atoms with Crippen molar-refractivity contribution in [1.29, 1.82) is 0 Å². The predicted molar refractivity (Wildman–Crippen MR) is 53.6 cm³/mol. The topological polar surface area (TPSA) is 0 Å². The first-order valence-corrected chi connectivity index (χ1v) is 4.90. The first-order chi connectivity index (χ1) is 5.41. The quantitative estimate of drug-likeness (QED) is 0.342. The number of hydrogen-bond donors (Lipinski definition) is 0. The van der Waals surface area contributed by atoms with Crippen LogP contribution in [0.15, 0.2) is 24.3 Å². The molecule has 0 fully saturated rings. The summed E-state index contributed by atoms with van der Waals surface area (Å²) in [6.07, 6.45) is 11.6. The SMILES string of the molecule is ClC/C=C/CCC/C=C/CCl. The summed E-state index contributed by atoms with van der Waals surface area (Å²) in [5, 5.41) is 0. The molecule has 2 heteroatoms. The highest BCUT2D eigenvalue weighted by Crippen LogP contribution is 1.98. The molecule has 11 heavy (non-hydrogen) atoms. The zero-order valence-corrected chi connectivity index (χ0v) is 8.11. The van der Waals surface area contributed by atoms with E-state index in [9.17, 15) is 0 Å². The van der Waals surface area contributed by atoms with E-state index in [1.165, 1.54) is 6.42 Å². The molecular weight excluding hydrogens is 179 g/mol. The molecule has 64 valence electrons. The van der Waals surface area contributed by atoms with E-state index in [-0.39, 0.29) is 0 Å². The van der Waals surface area contributed by atoms with E-state index in [0.717, 1.165) is 12.8 Å². The van der Waals surface area contributed by atoms with Crippen molar-refractivity contribution in [2.45, 2.75) is 19.3 Å². The second-order valence-corrected chi connectivity index (χ2v) is 2.80. The third-order valence-corrected chi connectivity index (χ3v) is 1.61. The van der Waals surface area contributed by atoms with Gasteiger partial charge in [-0.2, -0.15) is 0 Å². The normalized spacial score (nSPS) is 11.8. The maximum absolute atomic E-state index is 5.45. The molecule has 0 spiro atoms. The summed E-state index contributed by atoms with van der Waals surface area (Å²) < 4.78 is 0. The van der Waals surface area contributed by atoms with Crippen molar-refractivity contribution in [3.63, 3.8) is 0 Å². The molecule has 0 saturated carbocycles. The molecule has 0 aliphatic carbocycles. The van der Waals surface area contributed by atoms with Crippen LogP contribution in [-0.4, -0.2) is 11.8 Å². The lowest BCUT2D eigenvalue weighted by Crippen LogP contribution is -1.70. The lowest BCUT2D eigenvalue weighted by Gasteiger charge is -1.88. The van der Waals surface area contributed by atoms with Crippen LogP contribution in [-0.2, 0) is 0 Å². The van der Waals surface area contributed by atoms with Gasteiger partial charge >= 0.3 is 0 Å². The van der Waals surface area contributed by atoms with Crippen molar-refractivity contribution in [3.8, 4) is 0 Å². The number of allylic oxidation sites excluding steroid dienone is 4. The number of halogens is 2. The van der Waals surface area contributed by atoms with E-state index in [1.54, 1.807) is 0 Å². The fourth-order valence-electron chi connectivity index (χ4n) is 0.715. The van der Waals surface area contributed by atoms with Gasteiger partial charge in [-0.05, 0) is 19.3 Å². The van der Waals surface area contributed by atoms with E-state index in [0.29, 0.717) is 11.8 Å². The average molecular weight is 193 g/mol. The highest BCUT2D eigenvalue weighted by Gasteiger charge is 1.79. The molecule has 0 radical (unpaired) electrons. The number of hydrogen-bond acceptors (Lipinski definition) is 0. The Bertz CT molecular complexity index is 103. The fraction of sp³-hybridized carbons (Fsp3) is 0.556. The molecule has 0 unspecified atom stereocenters. The minimum absolute atomic E-state index is 0.623. The van der Waals surface area contributed by atoms with Crippen LogP contribution >= 0.6 is 23.2 Å². The molecule has 0 aromatic carbocycles. The molecule has 0 nitrogen and oxygen atoms in total. The van der Waals surface area contributed by atoms with Gasteiger partial charge in [0.1, 0.15) is 0 Å². The van der Waals surface area contributed by atoms with Gasteiger partial charge in [0.2, 0.25) is 0 Å². The van der Waals surface area contributed by atoms with Crippen LogP contribution < -0.4 is 0 Å². The van der Waals surface area contributed by atoms with Gasteiger partial charge in [0, 0.05) is 11.8 Å². The second-order valence-electron chi connectivity index (χ2n) is 2.18. The predicted octanol–water partition coefficient (Wildman–Crippen LogP) is 3.75. The molecule has 0 heterocycles. The van der Waals surface area contributed by atoms with E-state index < -0.39 is 0 Å². The largest absolute Gasteiger partial charge is 0.122 e. The van der Waals surface area contributed by atoms with E-state index >= 15 is 0 Å². The molecule has 0 saturated heterocycles. The van der Waals surface area contributed by atoms with Crippen molar-refractivity contribution >= 4 is 23.2 Å². The monoisotopic (exact) mass is 192 g/mol. The zero-order valence-electron chi connectivity index (χ0n) is 6.60. The molecule has 0 aliphatic rings. The molecule has 0 rings (SSSR count). The van der Waals surface area contributed by atoms with Gasteiger partial charge in [-0.1, -0.05) is 24.3 Å². The van der Waals surface area contributed by atoms with Crippen molar-refractivity contribution in [1.82, 2.24) is 0 Å². The Morgan fingerprint density at radius 2 is 1.18 bits per heavy atom. The summed E-state index contributed by atoms with van der Waals surface area (Å²) >= 11 is 10.9. The van der Waals surface area contributed by atoms with E-state index in [2.05, 4.69) is 12.2 Å². The van der Waals surface area contributed by atoms with Crippen LogP contribution in [0.4, 0.5) is 0 Å². The zero-order chi connectivity index (χ0) is 8.36. The fourth-order valence-corrected chi connectivity index (χ4v) is 0.967. The minimum Gasteiger partial charge on any atom is -0.122 e. The highest BCUT2D eigenvalue weighted by molar-refractivity contribution is 6.19.